The molecule has 1 aliphatic heterocycles. The standard InChI is InChI=1S/C14H18N2O5/c1-14(21-2)6-3-7-15(9-14)12-8-10(13(17)18)4-5-11(12)16(19)20/h4-5,8H,3,6-7,9H2,1-2H3,(H,17,18). The minimum atomic E-state index is -1.10. The molecule has 0 bridgehead atoms. The van der Waals surface area contributed by atoms with Gasteiger partial charge in [0.2, 0.25) is 0 Å². The molecule has 1 heterocycles. The maximum absolute atomic E-state index is 11.2. The number of ether oxygens (including phenoxy) is 1. The number of piperidine rings is 1. The Labute approximate surface area is 122 Å². The van der Waals surface area contributed by atoms with E-state index in [-0.39, 0.29) is 16.9 Å². The maximum atomic E-state index is 11.2. The van der Waals surface area contributed by atoms with E-state index in [2.05, 4.69) is 0 Å². The molecule has 1 fully saturated rings. The first kappa shape index (κ1) is 15.2. The van der Waals surface area contributed by atoms with Crippen LogP contribution in [0.4, 0.5) is 11.4 Å². The van der Waals surface area contributed by atoms with Crippen molar-refractivity contribution in [2.24, 2.45) is 0 Å². The van der Waals surface area contributed by atoms with E-state index in [1.807, 2.05) is 11.8 Å². The molecule has 0 aliphatic carbocycles. The molecule has 1 saturated heterocycles. The summed E-state index contributed by atoms with van der Waals surface area (Å²) in [4.78, 5) is 23.6. The van der Waals surface area contributed by atoms with Gasteiger partial charge in [-0.3, -0.25) is 10.1 Å². The normalized spacial score (nSPS) is 22.1. The molecule has 0 aromatic heterocycles. The van der Waals surface area contributed by atoms with Crippen LogP contribution < -0.4 is 4.90 Å². The highest BCUT2D eigenvalue weighted by Crippen LogP contribution is 2.34. The van der Waals surface area contributed by atoms with E-state index in [4.69, 9.17) is 9.84 Å². The summed E-state index contributed by atoms with van der Waals surface area (Å²) >= 11 is 0. The van der Waals surface area contributed by atoms with Crippen molar-refractivity contribution >= 4 is 17.3 Å². The third kappa shape index (κ3) is 3.13. The minimum Gasteiger partial charge on any atom is -0.478 e. The smallest absolute Gasteiger partial charge is 0.335 e. The third-order valence-electron chi connectivity index (χ3n) is 3.91. The van der Waals surface area contributed by atoms with Crippen LogP contribution in [0.1, 0.15) is 30.1 Å². The Morgan fingerprint density at radius 2 is 2.24 bits per heavy atom. The van der Waals surface area contributed by atoms with Crippen LogP contribution in [0.2, 0.25) is 0 Å². The number of rotatable bonds is 4. The molecule has 0 spiro atoms. The highest BCUT2D eigenvalue weighted by Gasteiger charge is 2.33. The fourth-order valence-electron chi connectivity index (χ4n) is 2.64. The molecular formula is C14H18N2O5. The Kier molecular flexibility index (Phi) is 4.13. The highest BCUT2D eigenvalue weighted by molar-refractivity contribution is 5.90. The minimum absolute atomic E-state index is 0.0419. The number of benzene rings is 1. The van der Waals surface area contributed by atoms with Gasteiger partial charge in [-0.1, -0.05) is 0 Å². The van der Waals surface area contributed by atoms with Crippen LogP contribution in [-0.4, -0.2) is 41.8 Å². The lowest BCUT2D eigenvalue weighted by molar-refractivity contribution is -0.384. The van der Waals surface area contributed by atoms with E-state index < -0.39 is 10.9 Å². The number of aromatic carboxylic acids is 1. The van der Waals surface area contributed by atoms with Gasteiger partial charge in [0, 0.05) is 26.3 Å². The number of anilines is 1. The van der Waals surface area contributed by atoms with Gasteiger partial charge in [0.25, 0.3) is 5.69 Å². The zero-order valence-electron chi connectivity index (χ0n) is 12.0. The van der Waals surface area contributed by atoms with Crippen molar-refractivity contribution in [3.05, 3.63) is 33.9 Å². The molecule has 1 atom stereocenters. The molecule has 1 unspecified atom stereocenters. The number of hydrogen-bond donors (Lipinski definition) is 1. The molecule has 0 saturated carbocycles. The molecule has 1 aromatic carbocycles. The first-order valence-corrected chi connectivity index (χ1v) is 6.68. The fraction of sp³-hybridized carbons (Fsp3) is 0.500. The van der Waals surface area contributed by atoms with Gasteiger partial charge in [-0.2, -0.15) is 0 Å². The predicted molar refractivity (Wildman–Crippen MR) is 76.9 cm³/mol. The number of carboxylic acids is 1. The van der Waals surface area contributed by atoms with Gasteiger partial charge in [0.05, 0.1) is 16.1 Å². The van der Waals surface area contributed by atoms with Crippen LogP contribution in [0, 0.1) is 10.1 Å². The summed E-state index contributed by atoms with van der Waals surface area (Å²) < 4.78 is 5.48. The molecule has 1 aliphatic rings. The van der Waals surface area contributed by atoms with Gasteiger partial charge >= 0.3 is 5.97 Å². The first-order valence-electron chi connectivity index (χ1n) is 6.68. The van der Waals surface area contributed by atoms with Crippen molar-refractivity contribution in [3.63, 3.8) is 0 Å². The van der Waals surface area contributed by atoms with Gasteiger partial charge in [-0.25, -0.2) is 4.79 Å². The van der Waals surface area contributed by atoms with E-state index >= 15 is 0 Å². The molecule has 0 amide bonds. The number of nitrogens with zero attached hydrogens (tertiary/aromatic N) is 2. The molecule has 114 valence electrons. The van der Waals surface area contributed by atoms with E-state index in [0.29, 0.717) is 18.8 Å². The van der Waals surface area contributed by atoms with Crippen molar-refractivity contribution in [2.75, 3.05) is 25.1 Å². The Morgan fingerprint density at radius 1 is 1.52 bits per heavy atom. The lowest BCUT2D eigenvalue weighted by atomic mass is 9.94. The zero-order chi connectivity index (χ0) is 15.6. The lowest BCUT2D eigenvalue weighted by Gasteiger charge is -2.40. The van der Waals surface area contributed by atoms with Gasteiger partial charge in [0.15, 0.2) is 0 Å². The summed E-state index contributed by atoms with van der Waals surface area (Å²) in [6.07, 6.45) is 1.70. The second kappa shape index (κ2) is 5.69. The summed E-state index contributed by atoms with van der Waals surface area (Å²) in [6.45, 7) is 3.09. The van der Waals surface area contributed by atoms with Crippen LogP contribution in [0.15, 0.2) is 18.2 Å². The predicted octanol–water partition coefficient (Wildman–Crippen LogP) is 2.30. The number of carbonyl (C=O) groups is 1. The van der Waals surface area contributed by atoms with Gasteiger partial charge in [-0.15, -0.1) is 0 Å². The van der Waals surface area contributed by atoms with Crippen LogP contribution in [0.5, 0.6) is 0 Å². The number of nitro benzene ring substituents is 1. The molecular weight excluding hydrogens is 276 g/mol. The van der Waals surface area contributed by atoms with Crippen molar-refractivity contribution < 1.29 is 19.6 Å². The molecule has 21 heavy (non-hydrogen) atoms. The number of nitro groups is 1. The number of carboxylic acid groups (broad SMARTS) is 1. The Hall–Kier alpha value is -2.15. The summed E-state index contributed by atoms with van der Waals surface area (Å²) in [5.74, 6) is -1.10. The van der Waals surface area contributed by atoms with E-state index in [1.165, 1.54) is 18.2 Å². The Bertz CT molecular complexity index is 574. The summed E-state index contributed by atoms with van der Waals surface area (Å²) in [6, 6.07) is 3.86. The Morgan fingerprint density at radius 3 is 2.81 bits per heavy atom. The second-order valence-corrected chi connectivity index (χ2v) is 5.44. The second-order valence-electron chi connectivity index (χ2n) is 5.44. The molecule has 7 nitrogen and oxygen atoms in total. The monoisotopic (exact) mass is 294 g/mol. The average molecular weight is 294 g/mol. The molecule has 2 rings (SSSR count). The lowest BCUT2D eigenvalue weighted by Crippen LogP contribution is -2.47. The molecule has 0 radical (unpaired) electrons. The summed E-state index contributed by atoms with van der Waals surface area (Å²) in [5.41, 5.74) is -0.0887. The third-order valence-corrected chi connectivity index (χ3v) is 3.91. The van der Waals surface area contributed by atoms with Crippen molar-refractivity contribution in [1.29, 1.82) is 0 Å². The largest absolute Gasteiger partial charge is 0.478 e. The highest BCUT2D eigenvalue weighted by atomic mass is 16.6. The average Bonchev–Trinajstić information content (AvgIpc) is 2.46. The van der Waals surface area contributed by atoms with Gasteiger partial charge in [0.1, 0.15) is 5.69 Å². The quantitative estimate of drug-likeness (QED) is 0.676. The summed E-state index contributed by atoms with van der Waals surface area (Å²) in [7, 11) is 1.62. The number of methoxy groups -OCH3 is 1. The van der Waals surface area contributed by atoms with Crippen molar-refractivity contribution in [3.8, 4) is 0 Å². The first-order chi connectivity index (χ1) is 9.86. The van der Waals surface area contributed by atoms with E-state index in [1.54, 1.807) is 7.11 Å². The Balaban J connectivity index is 2.42. The van der Waals surface area contributed by atoms with E-state index in [0.717, 1.165) is 12.8 Å². The summed E-state index contributed by atoms with van der Waals surface area (Å²) in [5, 5.41) is 20.2. The van der Waals surface area contributed by atoms with Crippen LogP contribution in [-0.2, 0) is 4.74 Å². The number of hydrogen-bond acceptors (Lipinski definition) is 5. The van der Waals surface area contributed by atoms with Gasteiger partial charge in [-0.05, 0) is 31.9 Å². The van der Waals surface area contributed by atoms with Crippen molar-refractivity contribution in [1.82, 2.24) is 0 Å². The topological polar surface area (TPSA) is 92.9 Å². The van der Waals surface area contributed by atoms with Gasteiger partial charge < -0.3 is 14.7 Å². The maximum Gasteiger partial charge on any atom is 0.335 e. The van der Waals surface area contributed by atoms with Crippen molar-refractivity contribution in [2.45, 2.75) is 25.4 Å². The SMILES string of the molecule is COC1(C)CCCN(c2cc(C(=O)O)ccc2[N+](=O)[O-])C1. The zero-order valence-corrected chi connectivity index (χ0v) is 12.0. The molecule has 1 aromatic rings. The van der Waals surface area contributed by atoms with Crippen LogP contribution in [0.3, 0.4) is 0 Å². The molecule has 7 heteroatoms. The van der Waals surface area contributed by atoms with Crippen LogP contribution in [0.25, 0.3) is 0 Å². The van der Waals surface area contributed by atoms with Crippen LogP contribution >= 0.6 is 0 Å². The molecule has 1 N–H and O–H groups in total. The fourth-order valence-corrected chi connectivity index (χ4v) is 2.64. The van der Waals surface area contributed by atoms with E-state index in [9.17, 15) is 14.9 Å².